The molecule has 0 amide bonds. The van der Waals surface area contributed by atoms with Gasteiger partial charge in [0.1, 0.15) is 5.82 Å². The van der Waals surface area contributed by atoms with Gasteiger partial charge in [0.15, 0.2) is 5.03 Å². The number of imidazole rings is 1. The van der Waals surface area contributed by atoms with Crippen LogP contribution < -0.4 is 5.32 Å². The van der Waals surface area contributed by atoms with Gasteiger partial charge in [-0.25, -0.2) is 13.4 Å². The molecule has 0 bridgehead atoms. The first-order chi connectivity index (χ1) is 8.46. The van der Waals surface area contributed by atoms with Crippen LogP contribution in [0.3, 0.4) is 0 Å². The molecule has 1 aromatic rings. The van der Waals surface area contributed by atoms with Gasteiger partial charge in [-0.15, -0.1) is 12.4 Å². The minimum Gasteiger partial charge on any atom is -0.334 e. The van der Waals surface area contributed by atoms with Crippen molar-refractivity contribution in [3.63, 3.8) is 0 Å². The van der Waals surface area contributed by atoms with Gasteiger partial charge < -0.3 is 9.88 Å². The van der Waals surface area contributed by atoms with Crippen molar-refractivity contribution in [3.8, 4) is 0 Å². The van der Waals surface area contributed by atoms with Crippen molar-refractivity contribution in [1.82, 2.24) is 19.2 Å². The summed E-state index contributed by atoms with van der Waals surface area (Å²) in [7, 11) is -3.46. The summed E-state index contributed by atoms with van der Waals surface area (Å²) in [4.78, 5) is 4.18. The Morgan fingerprint density at radius 3 is 2.74 bits per heavy atom. The lowest BCUT2D eigenvalue weighted by Gasteiger charge is -2.32. The van der Waals surface area contributed by atoms with Crippen LogP contribution in [0.2, 0.25) is 0 Å². The third-order valence-corrected chi connectivity index (χ3v) is 5.19. The Kier molecular flexibility index (Phi) is 5.37. The van der Waals surface area contributed by atoms with Gasteiger partial charge in [-0.1, -0.05) is 0 Å². The van der Waals surface area contributed by atoms with E-state index in [0.717, 1.165) is 12.4 Å². The van der Waals surface area contributed by atoms with E-state index < -0.39 is 10.0 Å². The average Bonchev–Trinajstić information content (AvgIpc) is 2.71. The number of halogens is 1. The Hall–Kier alpha value is -0.630. The second-order valence-corrected chi connectivity index (χ2v) is 6.42. The number of nitrogens with one attached hydrogen (secondary N) is 1. The van der Waals surface area contributed by atoms with Gasteiger partial charge in [0.05, 0.1) is 0 Å². The molecule has 2 rings (SSSR count). The molecule has 0 saturated carbocycles. The van der Waals surface area contributed by atoms with Gasteiger partial charge in [-0.3, -0.25) is 0 Å². The normalized spacial score (nSPS) is 21.1. The van der Waals surface area contributed by atoms with Crippen LogP contribution in [0.25, 0.3) is 0 Å². The molecular formula is C11H21ClN4O2S. The lowest BCUT2D eigenvalue weighted by atomic mass is 10.3. The molecule has 0 unspecified atom stereocenters. The van der Waals surface area contributed by atoms with Crippen LogP contribution in [0.5, 0.6) is 0 Å². The third-order valence-electron chi connectivity index (χ3n) is 3.31. The van der Waals surface area contributed by atoms with E-state index in [4.69, 9.17) is 0 Å². The minimum absolute atomic E-state index is 0. The summed E-state index contributed by atoms with van der Waals surface area (Å²) < 4.78 is 28.4. The molecule has 1 N–H and O–H groups in total. The molecule has 6 nitrogen and oxygen atoms in total. The van der Waals surface area contributed by atoms with Crippen LogP contribution in [0, 0.1) is 6.92 Å². The van der Waals surface area contributed by atoms with E-state index >= 15 is 0 Å². The SMILES string of the molecule is CCn1cc(S(=O)(=O)N2CCNC[C@H]2C)nc1C.Cl. The molecule has 0 aromatic carbocycles. The van der Waals surface area contributed by atoms with E-state index in [1.54, 1.807) is 6.20 Å². The van der Waals surface area contributed by atoms with Crippen molar-refractivity contribution in [2.24, 2.45) is 0 Å². The molecule has 1 aliphatic heterocycles. The number of sulfonamides is 1. The quantitative estimate of drug-likeness (QED) is 0.889. The summed E-state index contributed by atoms with van der Waals surface area (Å²) >= 11 is 0. The summed E-state index contributed by atoms with van der Waals surface area (Å²) in [6.07, 6.45) is 1.62. The summed E-state index contributed by atoms with van der Waals surface area (Å²) in [6, 6.07) is -0.0316. The van der Waals surface area contributed by atoms with Gasteiger partial charge in [-0.2, -0.15) is 4.31 Å². The Bertz CT molecular complexity index is 529. The second kappa shape index (κ2) is 6.21. The van der Waals surface area contributed by atoms with Gasteiger partial charge >= 0.3 is 0 Å². The lowest BCUT2D eigenvalue weighted by molar-refractivity contribution is 0.283. The van der Waals surface area contributed by atoms with E-state index in [0.29, 0.717) is 19.6 Å². The van der Waals surface area contributed by atoms with Crippen molar-refractivity contribution in [2.75, 3.05) is 19.6 Å². The zero-order chi connectivity index (χ0) is 13.3. The highest BCUT2D eigenvalue weighted by molar-refractivity contribution is 7.89. The highest BCUT2D eigenvalue weighted by Gasteiger charge is 2.32. The van der Waals surface area contributed by atoms with Gasteiger partial charge in [0.25, 0.3) is 10.0 Å². The van der Waals surface area contributed by atoms with Crippen LogP contribution in [0.1, 0.15) is 19.7 Å². The number of nitrogens with zero attached hydrogens (tertiary/aromatic N) is 3. The molecule has 2 heterocycles. The number of aromatic nitrogens is 2. The fourth-order valence-electron chi connectivity index (χ4n) is 2.22. The number of hydrogen-bond acceptors (Lipinski definition) is 4. The van der Waals surface area contributed by atoms with E-state index in [2.05, 4.69) is 10.3 Å². The van der Waals surface area contributed by atoms with Crippen molar-refractivity contribution in [3.05, 3.63) is 12.0 Å². The van der Waals surface area contributed by atoms with Crippen LogP contribution >= 0.6 is 12.4 Å². The highest BCUT2D eigenvalue weighted by Crippen LogP contribution is 2.18. The molecule has 0 radical (unpaired) electrons. The van der Waals surface area contributed by atoms with E-state index in [9.17, 15) is 8.42 Å². The Morgan fingerprint density at radius 2 is 2.21 bits per heavy atom. The molecule has 19 heavy (non-hydrogen) atoms. The zero-order valence-corrected chi connectivity index (χ0v) is 13.1. The first kappa shape index (κ1) is 16.4. The molecule has 1 atom stereocenters. The monoisotopic (exact) mass is 308 g/mol. The minimum atomic E-state index is -3.46. The largest absolute Gasteiger partial charge is 0.334 e. The Labute approximate surface area is 120 Å². The average molecular weight is 309 g/mol. The van der Waals surface area contributed by atoms with E-state index in [1.807, 2.05) is 25.3 Å². The molecule has 110 valence electrons. The molecule has 1 saturated heterocycles. The molecule has 0 spiro atoms. The topological polar surface area (TPSA) is 67.2 Å². The van der Waals surface area contributed by atoms with Gasteiger partial charge in [0.2, 0.25) is 0 Å². The fraction of sp³-hybridized carbons (Fsp3) is 0.727. The standard InChI is InChI=1S/C11H20N4O2S.ClH/c1-4-14-8-11(13-10(14)3)18(16,17)15-6-5-12-7-9(15)2;/h8-9,12H,4-7H2,1-3H3;1H/t9-;/m1./s1. The number of piperazine rings is 1. The summed E-state index contributed by atoms with van der Waals surface area (Å²) in [5, 5.41) is 3.35. The molecular weight excluding hydrogens is 288 g/mol. The van der Waals surface area contributed by atoms with E-state index in [1.165, 1.54) is 4.31 Å². The third kappa shape index (κ3) is 3.10. The lowest BCUT2D eigenvalue weighted by Crippen LogP contribution is -2.52. The number of hydrogen-bond donors (Lipinski definition) is 1. The van der Waals surface area contributed by atoms with Crippen LogP contribution in [0.4, 0.5) is 0 Å². The summed E-state index contributed by atoms with van der Waals surface area (Å²) in [6.45, 7) is 8.31. The maximum atomic E-state index is 12.5. The summed E-state index contributed by atoms with van der Waals surface area (Å²) in [5.41, 5.74) is 0. The Morgan fingerprint density at radius 1 is 1.53 bits per heavy atom. The first-order valence-corrected chi connectivity index (χ1v) is 7.67. The van der Waals surface area contributed by atoms with Crippen molar-refractivity contribution in [1.29, 1.82) is 0 Å². The fourth-order valence-corrected chi connectivity index (χ4v) is 3.85. The maximum absolute atomic E-state index is 12.5. The predicted octanol–water partition coefficient (Wildman–Crippen LogP) is 0.616. The number of aryl methyl sites for hydroxylation is 2. The highest BCUT2D eigenvalue weighted by atomic mass is 35.5. The van der Waals surface area contributed by atoms with Crippen LogP contribution in [-0.2, 0) is 16.6 Å². The zero-order valence-electron chi connectivity index (χ0n) is 11.5. The molecule has 1 aliphatic rings. The number of rotatable bonds is 3. The van der Waals surface area contributed by atoms with Gasteiger partial charge in [-0.05, 0) is 20.8 Å². The maximum Gasteiger partial charge on any atom is 0.262 e. The Balaban J connectivity index is 0.00000180. The predicted molar refractivity (Wildman–Crippen MR) is 76.1 cm³/mol. The van der Waals surface area contributed by atoms with Crippen molar-refractivity contribution < 1.29 is 8.42 Å². The molecule has 8 heteroatoms. The van der Waals surface area contributed by atoms with Crippen LogP contribution in [0.15, 0.2) is 11.2 Å². The van der Waals surface area contributed by atoms with E-state index in [-0.39, 0.29) is 23.5 Å². The van der Waals surface area contributed by atoms with Crippen LogP contribution in [-0.4, -0.2) is 48.0 Å². The van der Waals surface area contributed by atoms with Crippen molar-refractivity contribution in [2.45, 2.75) is 38.4 Å². The smallest absolute Gasteiger partial charge is 0.262 e. The first-order valence-electron chi connectivity index (χ1n) is 6.23. The molecule has 1 aromatic heterocycles. The second-order valence-electron chi connectivity index (χ2n) is 4.58. The molecule has 0 aliphatic carbocycles. The summed E-state index contributed by atoms with van der Waals surface area (Å²) in [5.74, 6) is 0.735. The van der Waals surface area contributed by atoms with Crippen molar-refractivity contribution >= 4 is 22.4 Å². The van der Waals surface area contributed by atoms with Gasteiger partial charge in [0, 0.05) is 38.4 Å². The molecule has 1 fully saturated rings.